The number of carbonyl (C=O) groups is 1. The molecule has 2 rings (SSSR count). The van der Waals surface area contributed by atoms with E-state index in [2.05, 4.69) is 15.6 Å². The highest BCUT2D eigenvalue weighted by Gasteiger charge is 2.12. The molecule has 0 aliphatic rings. The van der Waals surface area contributed by atoms with Crippen LogP contribution in [0.5, 0.6) is 0 Å². The Hall–Kier alpha value is -2.25. The zero-order valence-corrected chi connectivity index (χ0v) is 11.9. The number of anilines is 1. The number of urea groups is 1. The second-order valence-corrected chi connectivity index (χ2v) is 4.79. The molecule has 5 nitrogen and oxygen atoms in total. The second kappa shape index (κ2) is 7.15. The summed E-state index contributed by atoms with van der Waals surface area (Å²) in [6.07, 6.45) is 1.16. The molecule has 0 aliphatic heterocycles. The monoisotopic (exact) mass is 327 g/mol. The Morgan fingerprint density at radius 1 is 1.32 bits per heavy atom. The molecule has 0 aliphatic carbocycles. The molecule has 2 aromatic rings. The van der Waals surface area contributed by atoms with Crippen molar-refractivity contribution in [2.45, 2.75) is 6.10 Å². The Bertz CT molecular complexity index is 685. The molecule has 0 saturated carbocycles. The topological polar surface area (TPSA) is 74.2 Å². The summed E-state index contributed by atoms with van der Waals surface area (Å²) in [4.78, 5) is 15.2. The average molecular weight is 328 g/mol. The van der Waals surface area contributed by atoms with Gasteiger partial charge in [-0.2, -0.15) is 0 Å². The van der Waals surface area contributed by atoms with E-state index in [0.717, 1.165) is 12.3 Å². The van der Waals surface area contributed by atoms with Crippen molar-refractivity contribution in [3.8, 4) is 0 Å². The summed E-state index contributed by atoms with van der Waals surface area (Å²) in [5.41, 5.74) is 0.219. The molecule has 1 aromatic heterocycles. The Labute approximate surface area is 129 Å². The predicted octanol–water partition coefficient (Wildman–Crippen LogP) is 2.87. The Morgan fingerprint density at radius 3 is 2.77 bits per heavy atom. The summed E-state index contributed by atoms with van der Waals surface area (Å²) >= 11 is 5.54. The number of hydrogen-bond acceptors (Lipinski definition) is 3. The van der Waals surface area contributed by atoms with E-state index < -0.39 is 23.8 Å². The molecule has 0 radical (unpaired) electrons. The van der Waals surface area contributed by atoms with Gasteiger partial charge in [0, 0.05) is 12.7 Å². The molecule has 22 heavy (non-hydrogen) atoms. The van der Waals surface area contributed by atoms with Crippen LogP contribution in [0.25, 0.3) is 0 Å². The number of benzene rings is 1. The first kappa shape index (κ1) is 16.1. The summed E-state index contributed by atoms with van der Waals surface area (Å²) in [7, 11) is 0. The maximum Gasteiger partial charge on any atom is 0.319 e. The number of hydrogen-bond donors (Lipinski definition) is 3. The van der Waals surface area contributed by atoms with Gasteiger partial charge in [-0.15, -0.1) is 0 Å². The van der Waals surface area contributed by atoms with Gasteiger partial charge in [-0.1, -0.05) is 17.7 Å². The number of rotatable bonds is 4. The SMILES string of the molecule is O=C(NCC(O)c1ccc(Cl)c(F)c1)Nc1ccncc1F. The van der Waals surface area contributed by atoms with Crippen LogP contribution in [0.2, 0.25) is 5.02 Å². The molecule has 1 heterocycles. The molecule has 116 valence electrons. The van der Waals surface area contributed by atoms with E-state index in [1.165, 1.54) is 24.4 Å². The number of pyridine rings is 1. The zero-order chi connectivity index (χ0) is 16.1. The molecule has 1 atom stereocenters. The highest BCUT2D eigenvalue weighted by Crippen LogP contribution is 2.20. The van der Waals surface area contributed by atoms with E-state index in [0.29, 0.717) is 0 Å². The molecule has 2 amide bonds. The number of aliphatic hydroxyl groups excluding tert-OH is 1. The van der Waals surface area contributed by atoms with E-state index in [1.807, 2.05) is 0 Å². The fraction of sp³-hybridized carbons (Fsp3) is 0.143. The van der Waals surface area contributed by atoms with Crippen molar-refractivity contribution in [2.75, 3.05) is 11.9 Å². The van der Waals surface area contributed by atoms with Crippen LogP contribution in [-0.4, -0.2) is 22.7 Å². The van der Waals surface area contributed by atoms with E-state index in [9.17, 15) is 18.7 Å². The lowest BCUT2D eigenvalue weighted by Gasteiger charge is -2.13. The standard InChI is InChI=1S/C14H12ClF2N3O2/c15-9-2-1-8(5-10(9)16)13(21)7-19-14(22)20-12-3-4-18-6-11(12)17/h1-6,13,21H,7H2,(H2,18,19,20,22). The van der Waals surface area contributed by atoms with E-state index >= 15 is 0 Å². The third-order valence-corrected chi connectivity index (χ3v) is 3.11. The summed E-state index contributed by atoms with van der Waals surface area (Å²) in [5.74, 6) is -1.35. The van der Waals surface area contributed by atoms with Gasteiger partial charge in [0.1, 0.15) is 5.82 Å². The van der Waals surface area contributed by atoms with Crippen LogP contribution in [0.15, 0.2) is 36.7 Å². The molecular formula is C14H12ClF2N3O2. The van der Waals surface area contributed by atoms with Gasteiger partial charge in [-0.3, -0.25) is 4.98 Å². The van der Waals surface area contributed by atoms with E-state index in [4.69, 9.17) is 11.6 Å². The van der Waals surface area contributed by atoms with Crippen molar-refractivity contribution in [1.29, 1.82) is 0 Å². The van der Waals surface area contributed by atoms with Crippen LogP contribution < -0.4 is 10.6 Å². The van der Waals surface area contributed by atoms with Crippen molar-refractivity contribution in [3.05, 3.63) is 58.9 Å². The second-order valence-electron chi connectivity index (χ2n) is 4.38. The van der Waals surface area contributed by atoms with Crippen LogP contribution in [0, 0.1) is 11.6 Å². The summed E-state index contributed by atoms with van der Waals surface area (Å²) in [5, 5.41) is 14.4. The van der Waals surface area contributed by atoms with Gasteiger partial charge in [0.25, 0.3) is 0 Å². The van der Waals surface area contributed by atoms with Gasteiger partial charge in [-0.25, -0.2) is 13.6 Å². The number of nitrogens with zero attached hydrogens (tertiary/aromatic N) is 1. The van der Waals surface area contributed by atoms with E-state index in [1.54, 1.807) is 0 Å². The maximum absolute atomic E-state index is 13.3. The fourth-order valence-corrected chi connectivity index (χ4v) is 1.79. The highest BCUT2D eigenvalue weighted by molar-refractivity contribution is 6.30. The minimum Gasteiger partial charge on any atom is -0.387 e. The molecule has 0 spiro atoms. The average Bonchev–Trinajstić information content (AvgIpc) is 2.50. The van der Waals surface area contributed by atoms with Crippen molar-refractivity contribution < 1.29 is 18.7 Å². The number of aromatic nitrogens is 1. The Balaban J connectivity index is 1.90. The zero-order valence-electron chi connectivity index (χ0n) is 11.2. The smallest absolute Gasteiger partial charge is 0.319 e. The van der Waals surface area contributed by atoms with Crippen LogP contribution in [-0.2, 0) is 0 Å². The molecule has 0 bridgehead atoms. The molecule has 0 fully saturated rings. The van der Waals surface area contributed by atoms with Gasteiger partial charge < -0.3 is 15.7 Å². The highest BCUT2D eigenvalue weighted by atomic mass is 35.5. The minimum atomic E-state index is -1.13. The summed E-state index contributed by atoms with van der Waals surface area (Å²) in [6, 6.07) is 4.41. The fourth-order valence-electron chi connectivity index (χ4n) is 1.67. The van der Waals surface area contributed by atoms with Crippen LogP contribution >= 0.6 is 11.6 Å². The molecule has 1 aromatic carbocycles. The largest absolute Gasteiger partial charge is 0.387 e. The lowest BCUT2D eigenvalue weighted by atomic mass is 10.1. The van der Waals surface area contributed by atoms with Crippen molar-refractivity contribution in [1.82, 2.24) is 10.3 Å². The Morgan fingerprint density at radius 2 is 2.09 bits per heavy atom. The van der Waals surface area contributed by atoms with E-state index in [-0.39, 0.29) is 22.8 Å². The number of nitrogens with one attached hydrogen (secondary N) is 2. The van der Waals surface area contributed by atoms with Crippen molar-refractivity contribution in [2.24, 2.45) is 0 Å². The minimum absolute atomic E-state index is 0.0421. The lowest BCUT2D eigenvalue weighted by Crippen LogP contribution is -2.32. The Kier molecular flexibility index (Phi) is 5.24. The van der Waals surface area contributed by atoms with Crippen LogP contribution in [0.4, 0.5) is 19.3 Å². The van der Waals surface area contributed by atoms with Crippen molar-refractivity contribution in [3.63, 3.8) is 0 Å². The number of carbonyl (C=O) groups excluding carboxylic acids is 1. The van der Waals surface area contributed by atoms with Crippen LogP contribution in [0.1, 0.15) is 11.7 Å². The maximum atomic E-state index is 13.3. The molecular weight excluding hydrogens is 316 g/mol. The third-order valence-electron chi connectivity index (χ3n) is 2.81. The predicted molar refractivity (Wildman–Crippen MR) is 77.6 cm³/mol. The van der Waals surface area contributed by atoms with Gasteiger partial charge in [0.05, 0.1) is 23.0 Å². The molecule has 1 unspecified atom stereocenters. The number of halogens is 3. The third kappa shape index (κ3) is 4.12. The lowest BCUT2D eigenvalue weighted by molar-refractivity contribution is 0.174. The summed E-state index contributed by atoms with van der Waals surface area (Å²) < 4.78 is 26.6. The first-order valence-electron chi connectivity index (χ1n) is 6.24. The van der Waals surface area contributed by atoms with Gasteiger partial charge in [0.2, 0.25) is 0 Å². The molecule has 8 heteroatoms. The molecule has 3 N–H and O–H groups in total. The van der Waals surface area contributed by atoms with Gasteiger partial charge in [0.15, 0.2) is 5.82 Å². The first-order chi connectivity index (χ1) is 10.5. The van der Waals surface area contributed by atoms with Crippen LogP contribution in [0.3, 0.4) is 0 Å². The quantitative estimate of drug-likeness (QED) is 0.808. The number of aliphatic hydroxyl groups is 1. The summed E-state index contributed by atoms with van der Waals surface area (Å²) in [6.45, 7) is -0.181. The normalized spacial score (nSPS) is 11.8. The molecule has 0 saturated heterocycles. The van der Waals surface area contributed by atoms with Gasteiger partial charge in [-0.05, 0) is 23.8 Å². The van der Waals surface area contributed by atoms with Gasteiger partial charge >= 0.3 is 6.03 Å². The first-order valence-corrected chi connectivity index (χ1v) is 6.62. The van der Waals surface area contributed by atoms with Crippen molar-refractivity contribution >= 4 is 23.3 Å². The number of amides is 2.